The molecular formula is C28H37N3O5. The smallest absolute Gasteiger partial charge is 0.324 e. The topological polar surface area (TPSA) is 82.6 Å². The van der Waals surface area contributed by atoms with Gasteiger partial charge >= 0.3 is 6.03 Å². The normalized spacial score (nSPS) is 17.3. The van der Waals surface area contributed by atoms with Crippen LogP contribution in [0, 0.1) is 0 Å². The molecule has 0 bridgehead atoms. The van der Waals surface area contributed by atoms with Gasteiger partial charge in [0.1, 0.15) is 0 Å². The number of carbonyl (C=O) groups is 2. The zero-order valence-corrected chi connectivity index (χ0v) is 21.1. The van der Waals surface area contributed by atoms with Crippen LogP contribution >= 0.6 is 0 Å². The van der Waals surface area contributed by atoms with Crippen LogP contribution in [0.1, 0.15) is 34.3 Å². The molecule has 0 spiro atoms. The van der Waals surface area contributed by atoms with Gasteiger partial charge in [0.05, 0.1) is 31.0 Å². The van der Waals surface area contributed by atoms with Crippen LogP contribution in [0.5, 0.6) is 0 Å². The van der Waals surface area contributed by atoms with E-state index in [0.29, 0.717) is 44.2 Å². The Hall–Kier alpha value is -2.78. The summed E-state index contributed by atoms with van der Waals surface area (Å²) in [5, 5.41) is 10.8. The van der Waals surface area contributed by atoms with Gasteiger partial charge in [0.25, 0.3) is 0 Å². The average molecular weight is 496 g/mol. The molecule has 0 aliphatic carbocycles. The first-order valence-electron chi connectivity index (χ1n) is 12.8. The highest BCUT2D eigenvalue weighted by atomic mass is 16.5. The molecule has 2 aliphatic rings. The van der Waals surface area contributed by atoms with Crippen molar-refractivity contribution >= 4 is 18.0 Å². The fourth-order valence-electron chi connectivity index (χ4n) is 4.97. The summed E-state index contributed by atoms with van der Waals surface area (Å²) in [6.07, 6.45) is 2.83. The van der Waals surface area contributed by atoms with Crippen molar-refractivity contribution in [3.63, 3.8) is 0 Å². The van der Waals surface area contributed by atoms with Gasteiger partial charge in [-0.3, -0.25) is 14.6 Å². The lowest BCUT2D eigenvalue weighted by atomic mass is 10.00. The maximum absolute atomic E-state index is 13.5. The number of fused-ring (bicyclic) bond motifs is 1. The molecule has 4 rings (SSSR count). The van der Waals surface area contributed by atoms with Gasteiger partial charge < -0.3 is 19.5 Å². The SMILES string of the molecule is CN(CC(O)CN1CCc2ccccc2C1)C(=O)N(CCOC1CCOCC1)c1ccccc1C=O. The fourth-order valence-corrected chi connectivity index (χ4v) is 4.97. The van der Waals surface area contributed by atoms with Gasteiger partial charge in [0.15, 0.2) is 6.29 Å². The number of nitrogens with zero attached hydrogens (tertiary/aromatic N) is 3. The van der Waals surface area contributed by atoms with Crippen molar-refractivity contribution in [1.82, 2.24) is 9.80 Å². The van der Waals surface area contributed by atoms with E-state index < -0.39 is 6.10 Å². The zero-order valence-electron chi connectivity index (χ0n) is 21.1. The maximum atomic E-state index is 13.5. The molecule has 8 nitrogen and oxygen atoms in total. The molecule has 1 saturated heterocycles. The van der Waals surface area contributed by atoms with E-state index in [2.05, 4.69) is 23.1 Å². The molecule has 2 aromatic carbocycles. The number of amides is 2. The van der Waals surface area contributed by atoms with Gasteiger partial charge in [-0.05, 0) is 42.5 Å². The Morgan fingerprint density at radius 2 is 1.89 bits per heavy atom. The third kappa shape index (κ3) is 6.91. The Labute approximate surface area is 213 Å². The standard InChI is InChI=1S/C28H37N3O5/c1-29(19-25(33)20-30-13-10-22-6-2-3-7-23(22)18-30)28(34)31(27-9-5-4-8-24(27)21-32)14-17-36-26-11-15-35-16-12-26/h2-9,21,25-26,33H,10-20H2,1H3. The van der Waals surface area contributed by atoms with Gasteiger partial charge in [-0.15, -0.1) is 0 Å². The second kappa shape index (κ2) is 13.0. The lowest BCUT2D eigenvalue weighted by Gasteiger charge is -2.33. The molecule has 0 radical (unpaired) electrons. The summed E-state index contributed by atoms with van der Waals surface area (Å²) in [5.41, 5.74) is 3.64. The Kier molecular flexibility index (Phi) is 9.47. The fraction of sp³-hybridized carbons (Fsp3) is 0.500. The first kappa shape index (κ1) is 26.3. The van der Waals surface area contributed by atoms with Crippen molar-refractivity contribution in [2.75, 3.05) is 57.9 Å². The van der Waals surface area contributed by atoms with Crippen LogP contribution in [0.15, 0.2) is 48.5 Å². The minimum Gasteiger partial charge on any atom is -0.390 e. The third-order valence-electron chi connectivity index (χ3n) is 6.91. The van der Waals surface area contributed by atoms with E-state index in [0.717, 1.165) is 38.6 Å². The minimum atomic E-state index is -0.689. The van der Waals surface area contributed by atoms with Crippen molar-refractivity contribution in [2.24, 2.45) is 0 Å². The third-order valence-corrected chi connectivity index (χ3v) is 6.91. The largest absolute Gasteiger partial charge is 0.390 e. The summed E-state index contributed by atoms with van der Waals surface area (Å²) in [5.74, 6) is 0. The average Bonchev–Trinajstić information content (AvgIpc) is 2.91. The van der Waals surface area contributed by atoms with Crippen LogP contribution in [-0.2, 0) is 22.4 Å². The second-order valence-corrected chi connectivity index (χ2v) is 9.58. The summed E-state index contributed by atoms with van der Waals surface area (Å²) < 4.78 is 11.4. The van der Waals surface area contributed by atoms with E-state index in [1.165, 1.54) is 16.0 Å². The van der Waals surface area contributed by atoms with Gasteiger partial charge in [-0.2, -0.15) is 0 Å². The van der Waals surface area contributed by atoms with E-state index in [1.54, 1.807) is 30.1 Å². The van der Waals surface area contributed by atoms with Gasteiger partial charge in [0, 0.05) is 52.0 Å². The number of aldehydes is 1. The van der Waals surface area contributed by atoms with Gasteiger partial charge in [-0.25, -0.2) is 4.79 Å². The second-order valence-electron chi connectivity index (χ2n) is 9.58. The predicted octanol–water partition coefficient (Wildman–Crippen LogP) is 2.97. The van der Waals surface area contributed by atoms with Crippen molar-refractivity contribution in [3.05, 3.63) is 65.2 Å². The molecule has 1 unspecified atom stereocenters. The molecule has 2 amide bonds. The molecule has 2 aromatic rings. The molecule has 8 heteroatoms. The van der Waals surface area contributed by atoms with Crippen LogP contribution in [-0.4, -0.2) is 92.5 Å². The number of para-hydroxylation sites is 1. The predicted molar refractivity (Wildman–Crippen MR) is 138 cm³/mol. The molecule has 2 aliphatic heterocycles. The monoisotopic (exact) mass is 495 g/mol. The lowest BCUT2D eigenvalue weighted by Crippen LogP contribution is -2.48. The summed E-state index contributed by atoms with van der Waals surface area (Å²) in [7, 11) is 1.69. The highest BCUT2D eigenvalue weighted by Gasteiger charge is 2.26. The van der Waals surface area contributed by atoms with Crippen LogP contribution in [0.3, 0.4) is 0 Å². The summed E-state index contributed by atoms with van der Waals surface area (Å²) in [6.45, 7) is 4.40. The van der Waals surface area contributed by atoms with E-state index in [4.69, 9.17) is 9.47 Å². The van der Waals surface area contributed by atoms with Crippen molar-refractivity contribution in [2.45, 2.75) is 38.0 Å². The van der Waals surface area contributed by atoms with Crippen molar-refractivity contribution in [1.29, 1.82) is 0 Å². The summed E-state index contributed by atoms with van der Waals surface area (Å²) >= 11 is 0. The molecule has 1 N–H and O–H groups in total. The lowest BCUT2D eigenvalue weighted by molar-refractivity contribution is -0.0292. The maximum Gasteiger partial charge on any atom is 0.324 e. The Bertz CT molecular complexity index is 1010. The summed E-state index contributed by atoms with van der Waals surface area (Å²) in [4.78, 5) is 30.5. The Morgan fingerprint density at radius 1 is 1.17 bits per heavy atom. The van der Waals surface area contributed by atoms with Crippen molar-refractivity contribution < 1.29 is 24.2 Å². The number of ether oxygens (including phenoxy) is 2. The highest BCUT2D eigenvalue weighted by Crippen LogP contribution is 2.22. The quantitative estimate of drug-likeness (QED) is 0.511. The number of hydrogen-bond donors (Lipinski definition) is 1. The van der Waals surface area contributed by atoms with E-state index in [1.807, 2.05) is 12.1 Å². The number of likely N-dealkylation sites (N-methyl/N-ethyl adjacent to an activating group) is 1. The van der Waals surface area contributed by atoms with E-state index in [9.17, 15) is 14.7 Å². The molecule has 1 fully saturated rings. The number of carbonyl (C=O) groups excluding carboxylic acids is 2. The number of aliphatic hydroxyl groups excluding tert-OH is 1. The molecule has 0 aromatic heterocycles. The molecular weight excluding hydrogens is 458 g/mol. The first-order valence-corrected chi connectivity index (χ1v) is 12.8. The summed E-state index contributed by atoms with van der Waals surface area (Å²) in [6, 6.07) is 15.2. The van der Waals surface area contributed by atoms with Crippen LogP contribution in [0.2, 0.25) is 0 Å². The van der Waals surface area contributed by atoms with Crippen LogP contribution < -0.4 is 4.90 Å². The number of rotatable bonds is 10. The molecule has 1 atom stereocenters. The number of aliphatic hydroxyl groups is 1. The molecule has 36 heavy (non-hydrogen) atoms. The Morgan fingerprint density at radius 3 is 2.67 bits per heavy atom. The number of hydrogen-bond acceptors (Lipinski definition) is 6. The highest BCUT2D eigenvalue weighted by molar-refractivity contribution is 5.97. The van der Waals surface area contributed by atoms with Gasteiger partial charge in [0.2, 0.25) is 0 Å². The molecule has 2 heterocycles. The van der Waals surface area contributed by atoms with E-state index >= 15 is 0 Å². The first-order chi connectivity index (χ1) is 17.5. The number of urea groups is 1. The van der Waals surface area contributed by atoms with Crippen molar-refractivity contribution in [3.8, 4) is 0 Å². The van der Waals surface area contributed by atoms with Crippen LogP contribution in [0.4, 0.5) is 10.5 Å². The van der Waals surface area contributed by atoms with Gasteiger partial charge in [-0.1, -0.05) is 36.4 Å². The zero-order chi connectivity index (χ0) is 25.3. The number of benzene rings is 2. The van der Waals surface area contributed by atoms with E-state index in [-0.39, 0.29) is 18.7 Å². The Balaban J connectivity index is 1.37. The number of β-amino-alcohol motifs (C(OH)–C–C–N with tert-alkyl or cyclic N) is 1. The molecule has 194 valence electrons. The minimum absolute atomic E-state index is 0.117. The van der Waals surface area contributed by atoms with Crippen LogP contribution in [0.25, 0.3) is 0 Å². The molecule has 0 saturated carbocycles. The number of anilines is 1.